The topological polar surface area (TPSA) is 86.7 Å². The number of para-hydroxylation sites is 3. The molecule has 0 spiro atoms. The van der Waals surface area contributed by atoms with Gasteiger partial charge in [0.05, 0.1) is 33.1 Å². The molecule has 1 heterocycles. The second-order valence-corrected chi connectivity index (χ2v) is 6.25. The van der Waals surface area contributed by atoms with Crippen LogP contribution in [0, 0.1) is 0 Å². The van der Waals surface area contributed by atoms with Crippen LogP contribution >= 0.6 is 0 Å². The van der Waals surface area contributed by atoms with Gasteiger partial charge in [0, 0.05) is 5.56 Å². The van der Waals surface area contributed by atoms with Crippen molar-refractivity contribution in [2.75, 3.05) is 32.3 Å². The molecule has 0 radical (unpaired) electrons. The summed E-state index contributed by atoms with van der Waals surface area (Å²) in [7, 11) is 3.02. The van der Waals surface area contributed by atoms with Gasteiger partial charge in [-0.3, -0.25) is 4.90 Å². The number of benzene rings is 2. The average molecular weight is 412 g/mol. The summed E-state index contributed by atoms with van der Waals surface area (Å²) in [5.41, 5.74) is 1.41. The van der Waals surface area contributed by atoms with Crippen LogP contribution in [0.1, 0.15) is 25.5 Å². The molecule has 1 unspecified atom stereocenters. The molecular weight excluding hydrogens is 388 g/mol. The fourth-order valence-electron chi connectivity index (χ4n) is 3.34. The standard InChI is InChI=1S/C22H24N2O6/c1-5-29-21(25)19-14-10-9-13-17(28-4)18(14)23-20(22(26)30-6-2)24(19)15-11-7-8-12-16(15)27-3/h7-13,19H,5-6H2,1-4H3. The Kier molecular flexibility index (Phi) is 6.56. The van der Waals surface area contributed by atoms with Crippen molar-refractivity contribution in [3.05, 3.63) is 48.0 Å². The number of nitrogens with zero attached hydrogens (tertiary/aromatic N) is 2. The van der Waals surface area contributed by atoms with Crippen LogP contribution in [0.25, 0.3) is 0 Å². The van der Waals surface area contributed by atoms with Crippen molar-refractivity contribution in [1.82, 2.24) is 0 Å². The first-order valence-electron chi connectivity index (χ1n) is 9.58. The lowest BCUT2D eigenvalue weighted by atomic mass is 9.98. The van der Waals surface area contributed by atoms with Crippen LogP contribution < -0.4 is 14.4 Å². The van der Waals surface area contributed by atoms with Gasteiger partial charge in [-0.2, -0.15) is 0 Å². The molecule has 3 rings (SSSR count). The Morgan fingerprint density at radius 1 is 0.933 bits per heavy atom. The number of carbonyl (C=O) groups is 2. The van der Waals surface area contributed by atoms with E-state index in [1.807, 2.05) is 0 Å². The number of esters is 2. The Labute approximate surface area is 175 Å². The zero-order valence-corrected chi connectivity index (χ0v) is 17.4. The van der Waals surface area contributed by atoms with Gasteiger partial charge in [-0.05, 0) is 32.0 Å². The number of hydrogen-bond donors (Lipinski definition) is 0. The predicted molar refractivity (Wildman–Crippen MR) is 112 cm³/mol. The lowest BCUT2D eigenvalue weighted by Gasteiger charge is -2.36. The number of amidine groups is 1. The first kappa shape index (κ1) is 21.2. The third kappa shape index (κ3) is 3.80. The summed E-state index contributed by atoms with van der Waals surface area (Å²) in [4.78, 5) is 32.0. The Bertz CT molecular complexity index is 972. The van der Waals surface area contributed by atoms with Gasteiger partial charge in [0.2, 0.25) is 5.84 Å². The van der Waals surface area contributed by atoms with Crippen molar-refractivity contribution in [3.8, 4) is 11.5 Å². The van der Waals surface area contributed by atoms with Gasteiger partial charge in [-0.25, -0.2) is 14.6 Å². The molecule has 2 aromatic carbocycles. The molecule has 2 aromatic rings. The minimum atomic E-state index is -0.983. The van der Waals surface area contributed by atoms with E-state index in [0.29, 0.717) is 28.4 Å². The minimum absolute atomic E-state index is 0.0589. The third-order valence-electron chi connectivity index (χ3n) is 4.56. The molecule has 1 aliphatic rings. The summed E-state index contributed by atoms with van der Waals surface area (Å²) >= 11 is 0. The molecule has 0 fully saturated rings. The molecule has 0 saturated heterocycles. The van der Waals surface area contributed by atoms with Crippen molar-refractivity contribution in [2.45, 2.75) is 19.9 Å². The van der Waals surface area contributed by atoms with Gasteiger partial charge in [-0.15, -0.1) is 0 Å². The molecule has 0 aliphatic carbocycles. The van der Waals surface area contributed by atoms with Crippen LogP contribution in [-0.2, 0) is 19.1 Å². The molecule has 1 atom stereocenters. The lowest BCUT2D eigenvalue weighted by molar-refractivity contribution is -0.144. The fraction of sp³-hybridized carbons (Fsp3) is 0.318. The van der Waals surface area contributed by atoms with E-state index >= 15 is 0 Å². The number of ether oxygens (including phenoxy) is 4. The van der Waals surface area contributed by atoms with E-state index in [2.05, 4.69) is 4.99 Å². The van der Waals surface area contributed by atoms with Gasteiger partial charge in [0.15, 0.2) is 6.04 Å². The molecule has 8 nitrogen and oxygen atoms in total. The van der Waals surface area contributed by atoms with E-state index in [0.717, 1.165) is 0 Å². The first-order valence-corrected chi connectivity index (χ1v) is 9.58. The fourth-order valence-corrected chi connectivity index (χ4v) is 3.34. The van der Waals surface area contributed by atoms with E-state index in [1.165, 1.54) is 19.1 Å². The zero-order valence-electron chi connectivity index (χ0n) is 17.4. The maximum absolute atomic E-state index is 13.1. The van der Waals surface area contributed by atoms with Gasteiger partial charge < -0.3 is 18.9 Å². The maximum atomic E-state index is 13.1. The molecule has 0 amide bonds. The molecule has 0 N–H and O–H groups in total. The number of aliphatic imine (C=N–C) groups is 1. The van der Waals surface area contributed by atoms with Crippen LogP contribution in [0.4, 0.5) is 11.4 Å². The normalized spacial score (nSPS) is 15.0. The third-order valence-corrected chi connectivity index (χ3v) is 4.56. The van der Waals surface area contributed by atoms with Crippen LogP contribution in [0.2, 0.25) is 0 Å². The summed E-state index contributed by atoms with van der Waals surface area (Å²) in [5, 5.41) is 0. The molecule has 0 bridgehead atoms. The predicted octanol–water partition coefficient (Wildman–Crippen LogP) is 3.42. The smallest absolute Gasteiger partial charge is 0.374 e. The van der Waals surface area contributed by atoms with Crippen LogP contribution in [0.15, 0.2) is 47.5 Å². The van der Waals surface area contributed by atoms with Crippen molar-refractivity contribution < 1.29 is 28.5 Å². The summed E-state index contributed by atoms with van der Waals surface area (Å²) in [5.74, 6) is -0.362. The molecular formula is C22H24N2O6. The second-order valence-electron chi connectivity index (χ2n) is 6.25. The van der Waals surface area contributed by atoms with Gasteiger partial charge in [-0.1, -0.05) is 24.3 Å². The van der Waals surface area contributed by atoms with E-state index in [4.69, 9.17) is 18.9 Å². The minimum Gasteiger partial charge on any atom is -0.495 e. The number of rotatable bonds is 7. The monoisotopic (exact) mass is 412 g/mol. The Morgan fingerprint density at radius 3 is 2.27 bits per heavy atom. The van der Waals surface area contributed by atoms with Crippen molar-refractivity contribution >= 4 is 29.1 Å². The summed E-state index contributed by atoms with van der Waals surface area (Å²) in [6, 6.07) is 11.3. The van der Waals surface area contributed by atoms with Crippen molar-refractivity contribution in [2.24, 2.45) is 4.99 Å². The maximum Gasteiger partial charge on any atom is 0.374 e. The number of hydrogen-bond acceptors (Lipinski definition) is 8. The van der Waals surface area contributed by atoms with E-state index in [1.54, 1.807) is 56.3 Å². The van der Waals surface area contributed by atoms with Gasteiger partial charge in [0.1, 0.15) is 17.2 Å². The van der Waals surface area contributed by atoms with Crippen LogP contribution in [0.5, 0.6) is 11.5 Å². The quantitative estimate of drug-likeness (QED) is 0.644. The number of carbonyl (C=O) groups excluding carboxylic acids is 2. The highest BCUT2D eigenvalue weighted by Gasteiger charge is 2.42. The summed E-state index contributed by atoms with van der Waals surface area (Å²) in [6.45, 7) is 3.76. The number of fused-ring (bicyclic) bond motifs is 1. The average Bonchev–Trinajstić information content (AvgIpc) is 2.77. The summed E-state index contributed by atoms with van der Waals surface area (Å²) in [6.07, 6.45) is 0. The molecule has 0 aromatic heterocycles. The molecule has 30 heavy (non-hydrogen) atoms. The van der Waals surface area contributed by atoms with Crippen molar-refractivity contribution in [3.63, 3.8) is 0 Å². The Morgan fingerprint density at radius 2 is 1.60 bits per heavy atom. The van der Waals surface area contributed by atoms with E-state index in [9.17, 15) is 9.59 Å². The van der Waals surface area contributed by atoms with E-state index in [-0.39, 0.29) is 19.0 Å². The van der Waals surface area contributed by atoms with E-state index < -0.39 is 18.0 Å². The second kappa shape index (κ2) is 9.30. The molecule has 0 saturated carbocycles. The van der Waals surface area contributed by atoms with Crippen LogP contribution in [-0.4, -0.2) is 45.2 Å². The lowest BCUT2D eigenvalue weighted by Crippen LogP contribution is -2.46. The zero-order chi connectivity index (χ0) is 21.7. The molecule has 158 valence electrons. The highest BCUT2D eigenvalue weighted by atomic mass is 16.5. The Balaban J connectivity index is 2.31. The first-order chi connectivity index (χ1) is 14.6. The molecule has 8 heteroatoms. The summed E-state index contributed by atoms with van der Waals surface area (Å²) < 4.78 is 21.5. The highest BCUT2D eigenvalue weighted by molar-refractivity contribution is 6.43. The number of anilines is 1. The largest absolute Gasteiger partial charge is 0.495 e. The van der Waals surface area contributed by atoms with Crippen LogP contribution in [0.3, 0.4) is 0 Å². The van der Waals surface area contributed by atoms with Gasteiger partial charge >= 0.3 is 11.9 Å². The molecule has 1 aliphatic heterocycles. The Hall–Kier alpha value is -3.55. The number of methoxy groups -OCH3 is 2. The SMILES string of the molecule is CCOC(=O)C1=Nc2c(OC)cccc2C(C(=O)OCC)N1c1ccccc1OC. The highest BCUT2D eigenvalue weighted by Crippen LogP contribution is 2.45. The van der Waals surface area contributed by atoms with Crippen molar-refractivity contribution in [1.29, 1.82) is 0 Å². The van der Waals surface area contributed by atoms with Gasteiger partial charge in [0.25, 0.3) is 0 Å².